The Bertz CT molecular complexity index is 1090. The van der Waals surface area contributed by atoms with E-state index < -0.39 is 30.4 Å². The van der Waals surface area contributed by atoms with E-state index in [9.17, 15) is 38.9 Å². The Labute approximate surface area is 195 Å². The van der Waals surface area contributed by atoms with Crippen LogP contribution in [0.2, 0.25) is 0 Å². The van der Waals surface area contributed by atoms with E-state index in [1.807, 2.05) is 0 Å². The van der Waals surface area contributed by atoms with Crippen molar-refractivity contribution in [1.82, 2.24) is 0 Å². The maximum atomic E-state index is 10.3. The van der Waals surface area contributed by atoms with Crippen LogP contribution in [0.15, 0.2) is 106 Å². The van der Waals surface area contributed by atoms with E-state index in [4.69, 9.17) is 3.67 Å². The second kappa shape index (κ2) is 14.0. The molecule has 3 rings (SSSR count). The second-order valence-electron chi connectivity index (χ2n) is 5.30. The van der Waals surface area contributed by atoms with Gasteiger partial charge in [-0.2, -0.15) is 0 Å². The molecule has 0 heterocycles. The molecule has 32 heavy (non-hydrogen) atoms. The molecule has 3 aromatic carbocycles. The monoisotopic (exact) mass is 538 g/mol. The fourth-order valence-corrected chi connectivity index (χ4v) is 3.23. The Balaban J connectivity index is 0.000000433. The Morgan fingerprint density at radius 3 is 0.656 bits per heavy atom. The van der Waals surface area contributed by atoms with Gasteiger partial charge in [-0.15, -0.1) is 0 Å². The van der Waals surface area contributed by atoms with E-state index >= 15 is 0 Å². The third-order valence-corrected chi connectivity index (χ3v) is 5.64. The van der Waals surface area contributed by atoms with Crippen LogP contribution in [0.1, 0.15) is 0 Å². The van der Waals surface area contributed by atoms with Gasteiger partial charge in [-0.3, -0.25) is 0 Å². The molecule has 0 unspecified atom stereocenters. The predicted octanol–water partition coefficient (Wildman–Crippen LogP) is 1.65. The van der Waals surface area contributed by atoms with Crippen LogP contribution >= 0.6 is 0 Å². The molecule has 0 radical (unpaired) electrons. The van der Waals surface area contributed by atoms with Gasteiger partial charge >= 0.3 is 21.0 Å². The number of rotatable bonds is 3. The normalized spacial score (nSPS) is 10.8. The van der Waals surface area contributed by atoms with Crippen LogP contribution in [0.3, 0.4) is 0 Å². The van der Waals surface area contributed by atoms with Crippen LogP contribution in [0.4, 0.5) is 0 Å². The Kier molecular flexibility index (Phi) is 13.1. The van der Waals surface area contributed by atoms with Crippen molar-refractivity contribution in [1.29, 1.82) is 0 Å². The molecule has 0 spiro atoms. The molecule has 0 aliphatic rings. The summed E-state index contributed by atoms with van der Waals surface area (Å²) >= 11 is 1.06. The van der Waals surface area contributed by atoms with Crippen LogP contribution in [-0.2, 0) is 51.4 Å². The van der Waals surface area contributed by atoms with Crippen LogP contribution in [-0.4, -0.2) is 38.9 Å². The van der Waals surface area contributed by atoms with Crippen molar-refractivity contribution in [2.45, 2.75) is 14.7 Å². The molecule has 170 valence electrons. The van der Waals surface area contributed by atoms with E-state index in [-0.39, 0.29) is 14.7 Å². The van der Waals surface area contributed by atoms with Crippen molar-refractivity contribution in [2.24, 2.45) is 0 Å². The van der Waals surface area contributed by atoms with E-state index in [1.165, 1.54) is 72.8 Å². The summed E-state index contributed by atoms with van der Waals surface area (Å²) < 4.78 is 101. The minimum absolute atomic E-state index is 0.185. The summed E-state index contributed by atoms with van der Waals surface area (Å²) in [5, 5.41) is 0. The molecule has 0 bridgehead atoms. The first kappa shape index (κ1) is 29.8. The third-order valence-electron chi connectivity index (χ3n) is 3.10. The van der Waals surface area contributed by atoms with Gasteiger partial charge in [-0.1, -0.05) is 54.6 Å². The van der Waals surface area contributed by atoms with Crippen molar-refractivity contribution in [3.05, 3.63) is 91.0 Å². The van der Waals surface area contributed by atoms with Crippen LogP contribution in [0, 0.1) is 0 Å². The van der Waals surface area contributed by atoms with Crippen LogP contribution < -0.4 is 0 Å². The fourth-order valence-electron chi connectivity index (χ4n) is 1.76. The zero-order chi connectivity index (χ0) is 24.8. The predicted molar refractivity (Wildman–Crippen MR) is 104 cm³/mol. The van der Waals surface area contributed by atoms with Gasteiger partial charge in [-0.25, -0.2) is 25.3 Å². The van der Waals surface area contributed by atoms with Gasteiger partial charge < -0.3 is 13.7 Å². The quantitative estimate of drug-likeness (QED) is 0.443. The molecular formula is C18H15O10S3V. The van der Waals surface area contributed by atoms with Gasteiger partial charge in [-0.05, 0) is 36.4 Å². The summed E-state index contributed by atoms with van der Waals surface area (Å²) in [7, 11) is -12.8. The van der Waals surface area contributed by atoms with Crippen molar-refractivity contribution in [3.63, 3.8) is 0 Å². The first-order chi connectivity index (χ1) is 14.8. The van der Waals surface area contributed by atoms with Crippen LogP contribution in [0.5, 0.6) is 0 Å². The molecular weight excluding hydrogens is 523 g/mol. The van der Waals surface area contributed by atoms with E-state index in [0.717, 1.165) is 17.4 Å². The summed E-state index contributed by atoms with van der Waals surface area (Å²) in [6, 6.07) is 21.6. The van der Waals surface area contributed by atoms with E-state index in [2.05, 4.69) is 0 Å². The summed E-state index contributed by atoms with van der Waals surface area (Å²) in [6.07, 6.45) is 0. The zero-order valence-corrected chi connectivity index (χ0v) is 19.8. The van der Waals surface area contributed by atoms with Crippen molar-refractivity contribution in [3.8, 4) is 0 Å². The topological polar surface area (TPSA) is 189 Å². The first-order valence-electron chi connectivity index (χ1n) is 8.03. The average molecular weight is 538 g/mol. The second-order valence-corrected chi connectivity index (χ2v) is 9.44. The van der Waals surface area contributed by atoms with Gasteiger partial charge in [0.15, 0.2) is 0 Å². The molecule has 0 fully saturated rings. The minimum atomic E-state index is -4.25. The SMILES string of the molecule is O=S(=O)([O-])c1ccccc1.O=S(=O)([O-])c1ccccc1.O=S(=O)([O-])c1ccccc1.[O]=[V+3]. The van der Waals surface area contributed by atoms with E-state index in [0.29, 0.717) is 0 Å². The Hall–Kier alpha value is -2.23. The Morgan fingerprint density at radius 1 is 0.406 bits per heavy atom. The molecule has 0 saturated heterocycles. The molecule has 0 aliphatic heterocycles. The molecule has 0 atom stereocenters. The average Bonchev–Trinajstić information content (AvgIpc) is 2.76. The summed E-state index contributed by atoms with van der Waals surface area (Å²) in [6.45, 7) is 0. The summed E-state index contributed by atoms with van der Waals surface area (Å²) in [4.78, 5) is -0.556. The molecule has 0 aromatic heterocycles. The van der Waals surface area contributed by atoms with Crippen LogP contribution in [0.25, 0.3) is 0 Å². The number of hydrogen-bond acceptors (Lipinski definition) is 10. The molecule has 14 heteroatoms. The van der Waals surface area contributed by atoms with Gasteiger partial charge in [0, 0.05) is 0 Å². The third kappa shape index (κ3) is 12.6. The molecule has 10 nitrogen and oxygen atoms in total. The van der Waals surface area contributed by atoms with E-state index in [1.54, 1.807) is 18.2 Å². The van der Waals surface area contributed by atoms with Crippen molar-refractivity contribution < 1.29 is 60.0 Å². The fraction of sp³-hybridized carbons (Fsp3) is 0. The van der Waals surface area contributed by atoms with Crippen molar-refractivity contribution in [2.75, 3.05) is 0 Å². The van der Waals surface area contributed by atoms with Crippen molar-refractivity contribution >= 4 is 30.4 Å². The Morgan fingerprint density at radius 2 is 0.562 bits per heavy atom. The molecule has 0 saturated carbocycles. The molecule has 0 aliphatic carbocycles. The van der Waals surface area contributed by atoms with Gasteiger partial charge in [0.25, 0.3) is 0 Å². The first-order valence-corrected chi connectivity index (χ1v) is 12.8. The zero-order valence-electron chi connectivity index (χ0n) is 15.9. The van der Waals surface area contributed by atoms with Gasteiger partial charge in [0.1, 0.15) is 30.4 Å². The number of benzene rings is 3. The molecule has 3 aromatic rings. The summed E-state index contributed by atoms with van der Waals surface area (Å²) in [5.41, 5.74) is 0. The van der Waals surface area contributed by atoms with Gasteiger partial charge in [0.05, 0.1) is 14.7 Å². The molecule has 0 N–H and O–H groups in total. The standard InChI is InChI=1S/3C6H6O3S.O.V/c3*7-10(8,9)6-4-2-1-3-5-6;;/h3*1-5H,(H,7,8,9);;/q;;;;+3/p-3. The molecule has 0 amide bonds. The van der Waals surface area contributed by atoms with Gasteiger partial charge in [0.2, 0.25) is 0 Å². The number of hydrogen-bond donors (Lipinski definition) is 0. The maximum absolute atomic E-state index is 10.3. The summed E-state index contributed by atoms with van der Waals surface area (Å²) in [5.74, 6) is 0.